The van der Waals surface area contributed by atoms with Gasteiger partial charge in [0.05, 0.1) is 14.2 Å². The lowest BCUT2D eigenvalue weighted by molar-refractivity contribution is -0.110. The molecule has 0 heterocycles. The first-order valence-electron chi connectivity index (χ1n) is 7.90. The van der Waals surface area contributed by atoms with Gasteiger partial charge in [0.1, 0.15) is 11.5 Å². The summed E-state index contributed by atoms with van der Waals surface area (Å²) in [6.07, 6.45) is 16.5. The van der Waals surface area contributed by atoms with E-state index in [4.69, 9.17) is 9.47 Å². The Balaban J connectivity index is 2.02. The smallest absolute Gasteiger partial charge is 0.178 e. The van der Waals surface area contributed by atoms with Crippen molar-refractivity contribution in [3.63, 3.8) is 0 Å². The fourth-order valence-corrected chi connectivity index (χ4v) is 2.88. The fraction of sp³-hybridized carbons (Fsp3) is 0.190. The molecule has 1 aromatic rings. The summed E-state index contributed by atoms with van der Waals surface area (Å²) < 4.78 is 10.7. The predicted octanol–water partition coefficient (Wildman–Crippen LogP) is 4.28. The lowest BCUT2D eigenvalue weighted by Gasteiger charge is -2.17. The lowest BCUT2D eigenvalue weighted by atomic mass is 9.87. The summed E-state index contributed by atoms with van der Waals surface area (Å²) in [5.41, 5.74) is 3.44. The maximum absolute atomic E-state index is 11.4. The summed E-state index contributed by atoms with van der Waals surface area (Å²) in [7, 11) is 3.29. The van der Waals surface area contributed by atoms with E-state index in [1.165, 1.54) is 11.1 Å². The Morgan fingerprint density at radius 3 is 2.29 bits per heavy atom. The highest BCUT2D eigenvalue weighted by molar-refractivity contribution is 6.00. The van der Waals surface area contributed by atoms with E-state index in [0.29, 0.717) is 0 Å². The monoisotopic (exact) mass is 320 g/mol. The van der Waals surface area contributed by atoms with Crippen LogP contribution in [0.5, 0.6) is 11.5 Å². The van der Waals surface area contributed by atoms with E-state index >= 15 is 0 Å². The molecule has 0 saturated heterocycles. The van der Waals surface area contributed by atoms with Crippen LogP contribution in [0.2, 0.25) is 0 Å². The zero-order valence-corrected chi connectivity index (χ0v) is 13.9. The number of methoxy groups -OCH3 is 2. The second kappa shape index (κ2) is 7.18. The van der Waals surface area contributed by atoms with Gasteiger partial charge in [-0.05, 0) is 47.4 Å². The van der Waals surface area contributed by atoms with Gasteiger partial charge >= 0.3 is 0 Å². The van der Waals surface area contributed by atoms with E-state index in [1.807, 2.05) is 30.4 Å². The Bertz CT molecular complexity index is 753. The molecule has 3 rings (SSSR count). The molecule has 122 valence electrons. The second-order valence-corrected chi connectivity index (χ2v) is 5.72. The van der Waals surface area contributed by atoms with Crippen LogP contribution in [0.4, 0.5) is 0 Å². The number of hydrogen-bond acceptors (Lipinski definition) is 3. The van der Waals surface area contributed by atoms with Gasteiger partial charge in [-0.3, -0.25) is 4.79 Å². The summed E-state index contributed by atoms with van der Waals surface area (Å²) in [6, 6.07) is 5.81. The first kappa shape index (κ1) is 16.1. The Morgan fingerprint density at radius 1 is 1.08 bits per heavy atom. The zero-order valence-electron chi connectivity index (χ0n) is 13.9. The van der Waals surface area contributed by atoms with Gasteiger partial charge in [-0.15, -0.1) is 0 Å². The van der Waals surface area contributed by atoms with Gasteiger partial charge in [0.15, 0.2) is 5.78 Å². The molecule has 0 aromatic heterocycles. The van der Waals surface area contributed by atoms with Crippen molar-refractivity contribution in [2.45, 2.75) is 6.42 Å². The quantitative estimate of drug-likeness (QED) is 0.812. The average Bonchev–Trinajstić information content (AvgIpc) is 3.14. The van der Waals surface area contributed by atoms with Gasteiger partial charge in [0.2, 0.25) is 0 Å². The number of rotatable bonds is 5. The normalized spacial score (nSPS) is 17.3. The van der Waals surface area contributed by atoms with Gasteiger partial charge in [0.25, 0.3) is 0 Å². The maximum atomic E-state index is 11.4. The van der Waals surface area contributed by atoms with Crippen LogP contribution in [0.25, 0.3) is 6.08 Å². The number of hydrogen-bond donors (Lipinski definition) is 0. The van der Waals surface area contributed by atoms with E-state index in [-0.39, 0.29) is 11.7 Å². The molecular weight excluding hydrogens is 300 g/mol. The SMILES string of the molecule is COc1cc(/C=C(\C2=CC=CC2)C2C=CC(=O)C=C2)cc(OC)c1. The minimum Gasteiger partial charge on any atom is -0.497 e. The molecule has 0 bridgehead atoms. The van der Waals surface area contributed by atoms with E-state index in [0.717, 1.165) is 23.5 Å². The van der Waals surface area contributed by atoms with Crippen LogP contribution >= 0.6 is 0 Å². The fourth-order valence-electron chi connectivity index (χ4n) is 2.88. The lowest BCUT2D eigenvalue weighted by Crippen LogP contribution is -2.06. The van der Waals surface area contributed by atoms with Gasteiger partial charge in [-0.2, -0.15) is 0 Å². The van der Waals surface area contributed by atoms with Crippen molar-refractivity contribution in [2.75, 3.05) is 14.2 Å². The minimum absolute atomic E-state index is 0.0344. The Hall–Kier alpha value is -2.81. The number of allylic oxidation sites excluding steroid dienone is 9. The van der Waals surface area contributed by atoms with Crippen molar-refractivity contribution in [1.29, 1.82) is 0 Å². The van der Waals surface area contributed by atoms with E-state index in [1.54, 1.807) is 26.4 Å². The second-order valence-electron chi connectivity index (χ2n) is 5.72. The van der Waals surface area contributed by atoms with E-state index in [9.17, 15) is 4.79 Å². The first-order chi connectivity index (χ1) is 11.7. The van der Waals surface area contributed by atoms with Crippen LogP contribution in [0, 0.1) is 5.92 Å². The largest absolute Gasteiger partial charge is 0.497 e. The Kier molecular flexibility index (Phi) is 4.80. The highest BCUT2D eigenvalue weighted by Gasteiger charge is 2.17. The molecule has 0 unspecified atom stereocenters. The van der Waals surface area contributed by atoms with Crippen LogP contribution in [0.1, 0.15) is 12.0 Å². The zero-order chi connectivity index (χ0) is 16.9. The number of carbonyl (C=O) groups is 1. The van der Waals surface area contributed by atoms with Crippen LogP contribution < -0.4 is 9.47 Å². The summed E-state index contributed by atoms with van der Waals surface area (Å²) in [5.74, 6) is 1.63. The predicted molar refractivity (Wildman–Crippen MR) is 96.1 cm³/mol. The number of carbonyl (C=O) groups excluding carboxylic acids is 1. The summed E-state index contributed by atoms with van der Waals surface area (Å²) in [5, 5.41) is 0. The van der Waals surface area contributed by atoms with Crippen molar-refractivity contribution < 1.29 is 14.3 Å². The van der Waals surface area contributed by atoms with Gasteiger partial charge in [-0.1, -0.05) is 36.5 Å². The molecule has 0 fully saturated rings. The Labute approximate surface area is 142 Å². The highest BCUT2D eigenvalue weighted by Crippen LogP contribution is 2.33. The van der Waals surface area contributed by atoms with Crippen LogP contribution in [-0.4, -0.2) is 20.0 Å². The first-order valence-corrected chi connectivity index (χ1v) is 7.90. The van der Waals surface area contributed by atoms with Crippen molar-refractivity contribution in [3.05, 3.63) is 77.4 Å². The molecule has 3 heteroatoms. The molecule has 2 aliphatic rings. The van der Waals surface area contributed by atoms with Gasteiger partial charge in [-0.25, -0.2) is 0 Å². The van der Waals surface area contributed by atoms with Crippen molar-refractivity contribution in [2.24, 2.45) is 5.92 Å². The van der Waals surface area contributed by atoms with Crippen LogP contribution in [0.15, 0.2) is 71.9 Å². The molecular formula is C21H20O3. The number of ether oxygens (including phenoxy) is 2. The number of ketones is 1. The molecule has 0 radical (unpaired) electrons. The highest BCUT2D eigenvalue weighted by atomic mass is 16.5. The molecule has 0 amide bonds. The van der Waals surface area contributed by atoms with E-state index < -0.39 is 0 Å². The Morgan fingerprint density at radius 2 is 1.75 bits per heavy atom. The molecule has 24 heavy (non-hydrogen) atoms. The third-order valence-corrected chi connectivity index (χ3v) is 4.13. The molecule has 1 aromatic carbocycles. The van der Waals surface area contributed by atoms with Gasteiger partial charge < -0.3 is 9.47 Å². The minimum atomic E-state index is 0.0344. The third-order valence-electron chi connectivity index (χ3n) is 4.13. The van der Waals surface area contributed by atoms with Crippen LogP contribution in [0.3, 0.4) is 0 Å². The number of benzene rings is 1. The van der Waals surface area contributed by atoms with Crippen molar-refractivity contribution >= 4 is 11.9 Å². The molecule has 2 aliphatic carbocycles. The summed E-state index contributed by atoms with van der Waals surface area (Å²) >= 11 is 0. The molecule has 0 spiro atoms. The maximum Gasteiger partial charge on any atom is 0.178 e. The molecule has 0 aliphatic heterocycles. The summed E-state index contributed by atoms with van der Waals surface area (Å²) in [6.45, 7) is 0. The molecule has 0 atom stereocenters. The topological polar surface area (TPSA) is 35.5 Å². The standard InChI is InChI=1S/C21H20O3/c1-23-19-11-15(12-20(14-19)24-2)13-21(16-5-3-4-6-16)17-7-9-18(22)10-8-17/h3-5,7-14,17H,6H2,1-2H3/b21-13+. The van der Waals surface area contributed by atoms with Crippen molar-refractivity contribution in [3.8, 4) is 11.5 Å². The molecule has 0 saturated carbocycles. The summed E-state index contributed by atoms with van der Waals surface area (Å²) in [4.78, 5) is 11.4. The van der Waals surface area contributed by atoms with Crippen LogP contribution in [-0.2, 0) is 4.79 Å². The van der Waals surface area contributed by atoms with Crippen molar-refractivity contribution in [1.82, 2.24) is 0 Å². The average molecular weight is 320 g/mol. The molecule has 0 N–H and O–H groups in total. The van der Waals surface area contributed by atoms with Gasteiger partial charge in [0, 0.05) is 12.0 Å². The third kappa shape index (κ3) is 3.57. The van der Waals surface area contributed by atoms with E-state index in [2.05, 4.69) is 24.3 Å². The molecule has 3 nitrogen and oxygen atoms in total.